The Bertz CT molecular complexity index is 1300. The smallest absolute Gasteiger partial charge is 0.238 e. The summed E-state index contributed by atoms with van der Waals surface area (Å²) in [5.41, 5.74) is 2.56. The lowest BCUT2D eigenvalue weighted by atomic mass is 9.93. The fraction of sp³-hybridized carbons (Fsp3) is 0.120. The van der Waals surface area contributed by atoms with Crippen molar-refractivity contribution in [1.29, 1.82) is 0 Å². The first-order valence-corrected chi connectivity index (χ1v) is 9.37. The van der Waals surface area contributed by atoms with Gasteiger partial charge >= 0.3 is 6.18 Å². The number of alkyl halides is 3. The van der Waals surface area contributed by atoms with Gasteiger partial charge in [-0.05, 0) is 34.9 Å². The van der Waals surface area contributed by atoms with Gasteiger partial charge in [-0.1, -0.05) is 54.6 Å². The minimum Gasteiger partial charge on any atom is -0.238 e. The molecule has 1 heterocycles. The second kappa shape index (κ2) is 7.31. The molecule has 0 aliphatic rings. The molecule has 30 heavy (non-hydrogen) atoms. The maximum Gasteiger partial charge on any atom is 0.417 e. The van der Waals surface area contributed by atoms with E-state index >= 15 is 0 Å². The molecular formula is C25H18F3N2+. The highest BCUT2D eigenvalue weighted by Gasteiger charge is 2.37. The Balaban J connectivity index is 2.04. The molecule has 3 aromatic carbocycles. The van der Waals surface area contributed by atoms with E-state index in [1.54, 1.807) is 60.3 Å². The lowest BCUT2D eigenvalue weighted by Crippen LogP contribution is -2.32. The minimum absolute atomic E-state index is 0.141. The van der Waals surface area contributed by atoms with Gasteiger partial charge in [-0.2, -0.15) is 13.2 Å². The van der Waals surface area contributed by atoms with Crippen LogP contribution in [0.5, 0.6) is 0 Å². The molecule has 0 fully saturated rings. The van der Waals surface area contributed by atoms with Crippen LogP contribution in [0.2, 0.25) is 0 Å². The van der Waals surface area contributed by atoms with Crippen molar-refractivity contribution < 1.29 is 17.7 Å². The van der Waals surface area contributed by atoms with E-state index in [1.807, 2.05) is 25.1 Å². The Labute approximate surface area is 172 Å². The molecule has 0 atom stereocenters. The van der Waals surface area contributed by atoms with Gasteiger partial charge in [0.1, 0.15) is 7.05 Å². The molecule has 4 rings (SSSR count). The summed E-state index contributed by atoms with van der Waals surface area (Å²) < 4.78 is 43.8. The Morgan fingerprint density at radius 1 is 0.933 bits per heavy atom. The van der Waals surface area contributed by atoms with Crippen LogP contribution in [-0.4, -0.2) is 0 Å². The number of pyridine rings is 1. The second-order valence-electron chi connectivity index (χ2n) is 7.24. The highest BCUT2D eigenvalue weighted by molar-refractivity contribution is 5.98. The fourth-order valence-electron chi connectivity index (χ4n) is 3.82. The molecule has 0 unspecified atom stereocenters. The summed E-state index contributed by atoms with van der Waals surface area (Å²) in [5.74, 6) is 0. The first kappa shape index (κ1) is 19.7. The standard InChI is InChI=1S/C25H18F3N2/c1-16-9-10-18-13-19(29-2)11-12-20(18)24(16)23-14-22(25(26,27)28)21(15-30(23)3)17-7-5-4-6-8-17/h4-15H,1,3H3/q+1. The summed E-state index contributed by atoms with van der Waals surface area (Å²) in [5, 5.41) is 1.64. The zero-order chi connectivity index (χ0) is 21.5. The molecule has 148 valence electrons. The molecule has 0 spiro atoms. The van der Waals surface area contributed by atoms with E-state index in [0.717, 1.165) is 21.9 Å². The Kier molecular flexibility index (Phi) is 4.79. The van der Waals surface area contributed by atoms with Gasteiger partial charge in [0.25, 0.3) is 0 Å². The van der Waals surface area contributed by atoms with Crippen molar-refractivity contribution in [2.45, 2.75) is 13.1 Å². The average Bonchev–Trinajstić information content (AvgIpc) is 2.73. The maximum atomic E-state index is 14.0. The van der Waals surface area contributed by atoms with Gasteiger partial charge < -0.3 is 0 Å². The van der Waals surface area contributed by atoms with Crippen LogP contribution in [0.4, 0.5) is 18.9 Å². The zero-order valence-electron chi connectivity index (χ0n) is 16.5. The average molecular weight is 403 g/mol. The number of halogens is 3. The van der Waals surface area contributed by atoms with Crippen LogP contribution in [0, 0.1) is 13.5 Å². The van der Waals surface area contributed by atoms with Gasteiger partial charge in [-0.15, -0.1) is 0 Å². The predicted octanol–water partition coefficient (Wildman–Crippen LogP) is 6.88. The van der Waals surface area contributed by atoms with Crippen molar-refractivity contribution in [2.24, 2.45) is 7.05 Å². The van der Waals surface area contributed by atoms with E-state index in [0.29, 0.717) is 16.9 Å². The van der Waals surface area contributed by atoms with E-state index < -0.39 is 11.7 Å². The third-order valence-corrected chi connectivity index (χ3v) is 5.26. The summed E-state index contributed by atoms with van der Waals surface area (Å²) in [7, 11) is 1.76. The predicted molar refractivity (Wildman–Crippen MR) is 112 cm³/mol. The SMILES string of the molecule is [C-]#[N+]c1ccc2c(-c3cc(C(F)(F)F)c(-c4ccccc4)c[n+]3C)c(C)ccc2c1. The molecule has 4 aromatic rings. The molecule has 0 radical (unpaired) electrons. The molecule has 0 bridgehead atoms. The first-order valence-electron chi connectivity index (χ1n) is 9.37. The minimum atomic E-state index is -4.50. The monoisotopic (exact) mass is 403 g/mol. The quantitative estimate of drug-likeness (QED) is 0.255. The van der Waals surface area contributed by atoms with Crippen molar-refractivity contribution in [2.75, 3.05) is 0 Å². The molecule has 0 saturated carbocycles. The number of aryl methyl sites for hydroxylation is 2. The van der Waals surface area contributed by atoms with Crippen molar-refractivity contribution in [1.82, 2.24) is 0 Å². The molecular weight excluding hydrogens is 385 g/mol. The largest absolute Gasteiger partial charge is 0.417 e. The van der Waals surface area contributed by atoms with Crippen LogP contribution in [0.25, 0.3) is 38.0 Å². The molecule has 0 N–H and O–H groups in total. The van der Waals surface area contributed by atoms with Crippen LogP contribution >= 0.6 is 0 Å². The van der Waals surface area contributed by atoms with Gasteiger partial charge in [-0.25, -0.2) is 9.41 Å². The summed E-state index contributed by atoms with van der Waals surface area (Å²) >= 11 is 0. The van der Waals surface area contributed by atoms with E-state index in [9.17, 15) is 13.2 Å². The van der Waals surface area contributed by atoms with E-state index in [2.05, 4.69) is 4.85 Å². The highest BCUT2D eigenvalue weighted by atomic mass is 19.4. The molecule has 0 aliphatic carbocycles. The number of fused-ring (bicyclic) bond motifs is 1. The molecule has 0 saturated heterocycles. The van der Waals surface area contributed by atoms with Crippen molar-refractivity contribution in [3.63, 3.8) is 0 Å². The molecule has 1 aromatic heterocycles. The molecule has 0 amide bonds. The highest BCUT2D eigenvalue weighted by Crippen LogP contribution is 2.40. The third kappa shape index (κ3) is 3.42. The van der Waals surface area contributed by atoms with Crippen molar-refractivity contribution in [3.05, 3.63) is 95.5 Å². The van der Waals surface area contributed by atoms with Crippen LogP contribution in [0.1, 0.15) is 11.1 Å². The van der Waals surface area contributed by atoms with Gasteiger partial charge in [0.2, 0.25) is 5.69 Å². The number of hydrogen-bond donors (Lipinski definition) is 0. The first-order chi connectivity index (χ1) is 14.3. The third-order valence-electron chi connectivity index (χ3n) is 5.26. The molecule has 0 aliphatic heterocycles. The Morgan fingerprint density at radius 2 is 1.67 bits per heavy atom. The van der Waals surface area contributed by atoms with Crippen molar-refractivity contribution in [3.8, 4) is 22.4 Å². The number of benzene rings is 3. The summed E-state index contributed by atoms with van der Waals surface area (Å²) in [6.45, 7) is 9.10. The van der Waals surface area contributed by atoms with Crippen LogP contribution in [0.15, 0.2) is 72.9 Å². The van der Waals surface area contributed by atoms with E-state index in [4.69, 9.17) is 6.57 Å². The van der Waals surface area contributed by atoms with Gasteiger partial charge in [0, 0.05) is 6.07 Å². The van der Waals surface area contributed by atoms with Gasteiger partial charge in [0.15, 0.2) is 11.9 Å². The number of hydrogen-bond acceptors (Lipinski definition) is 0. The number of nitrogens with zero attached hydrogens (tertiary/aromatic N) is 2. The number of aromatic nitrogens is 1. The summed E-state index contributed by atoms with van der Waals surface area (Å²) in [6.07, 6.45) is -2.96. The van der Waals surface area contributed by atoms with Crippen molar-refractivity contribution >= 4 is 16.5 Å². The van der Waals surface area contributed by atoms with Crippen LogP contribution in [0.3, 0.4) is 0 Å². The van der Waals surface area contributed by atoms with Crippen LogP contribution in [-0.2, 0) is 13.2 Å². The fourth-order valence-corrected chi connectivity index (χ4v) is 3.82. The summed E-state index contributed by atoms with van der Waals surface area (Å²) in [6, 6.07) is 18.9. The zero-order valence-corrected chi connectivity index (χ0v) is 16.5. The van der Waals surface area contributed by atoms with E-state index in [1.165, 1.54) is 6.07 Å². The van der Waals surface area contributed by atoms with Gasteiger partial charge in [0.05, 0.1) is 23.3 Å². The van der Waals surface area contributed by atoms with E-state index in [-0.39, 0.29) is 5.56 Å². The Morgan fingerprint density at radius 3 is 2.33 bits per heavy atom. The number of rotatable bonds is 2. The molecule has 2 nitrogen and oxygen atoms in total. The van der Waals surface area contributed by atoms with Gasteiger partial charge in [-0.3, -0.25) is 0 Å². The summed E-state index contributed by atoms with van der Waals surface area (Å²) in [4.78, 5) is 3.45. The van der Waals surface area contributed by atoms with Crippen LogP contribution < -0.4 is 4.57 Å². The Hall–Kier alpha value is -3.65. The lowest BCUT2D eigenvalue weighted by Gasteiger charge is -2.15. The maximum absolute atomic E-state index is 14.0. The topological polar surface area (TPSA) is 8.24 Å². The normalized spacial score (nSPS) is 11.5. The molecule has 5 heteroatoms. The second-order valence-corrected chi connectivity index (χ2v) is 7.24. The lowest BCUT2D eigenvalue weighted by molar-refractivity contribution is -0.660.